The second-order valence-corrected chi connectivity index (χ2v) is 8.01. The Balaban J connectivity index is 1.43. The van der Waals surface area contributed by atoms with E-state index in [-0.39, 0.29) is 18.1 Å². The number of benzene rings is 2. The van der Waals surface area contributed by atoms with Gasteiger partial charge in [0.05, 0.1) is 23.2 Å². The van der Waals surface area contributed by atoms with Gasteiger partial charge < -0.3 is 19.9 Å². The minimum Gasteiger partial charge on any atom is -0.509 e. The molecule has 29 heavy (non-hydrogen) atoms. The third-order valence-corrected chi connectivity index (χ3v) is 6.07. The van der Waals surface area contributed by atoms with Gasteiger partial charge in [0.25, 0.3) is 0 Å². The molecule has 1 saturated heterocycles. The van der Waals surface area contributed by atoms with E-state index in [1.807, 2.05) is 23.1 Å². The molecule has 148 valence electrons. The first-order valence-corrected chi connectivity index (χ1v) is 10.1. The average molecular weight is 387 g/mol. The van der Waals surface area contributed by atoms with Gasteiger partial charge in [-0.1, -0.05) is 0 Å². The van der Waals surface area contributed by atoms with E-state index in [9.17, 15) is 5.11 Å². The highest BCUT2D eigenvalue weighted by Gasteiger charge is 2.31. The molecule has 2 aromatic carbocycles. The van der Waals surface area contributed by atoms with Crippen molar-refractivity contribution in [1.29, 1.82) is 5.41 Å². The highest BCUT2D eigenvalue weighted by molar-refractivity contribution is 6.30. The maximum atomic E-state index is 10.6. The Morgan fingerprint density at radius 1 is 1.00 bits per heavy atom. The van der Waals surface area contributed by atoms with Crippen LogP contribution in [0, 0.1) is 19.3 Å². The SMILES string of the molecule is Cc1cc2nc(C3=C(O)CN(c4ccc(N5CCCC5)cc4)C3=N)[nH]c2cc1C. The summed E-state index contributed by atoms with van der Waals surface area (Å²) in [5.74, 6) is 0.985. The van der Waals surface area contributed by atoms with Crippen LogP contribution < -0.4 is 9.80 Å². The molecule has 0 aliphatic carbocycles. The van der Waals surface area contributed by atoms with Crippen LogP contribution in [0.1, 0.15) is 29.8 Å². The fourth-order valence-corrected chi connectivity index (χ4v) is 4.26. The lowest BCUT2D eigenvalue weighted by atomic mass is 10.1. The number of hydrogen-bond donors (Lipinski definition) is 3. The Bertz CT molecular complexity index is 1100. The van der Waals surface area contributed by atoms with Gasteiger partial charge in [-0.15, -0.1) is 0 Å². The molecule has 6 nitrogen and oxygen atoms in total. The Hall–Kier alpha value is -3.28. The highest BCUT2D eigenvalue weighted by atomic mass is 16.3. The van der Waals surface area contributed by atoms with Crippen LogP contribution in [0.3, 0.4) is 0 Å². The minimum absolute atomic E-state index is 0.172. The van der Waals surface area contributed by atoms with Crippen molar-refractivity contribution in [2.24, 2.45) is 0 Å². The summed E-state index contributed by atoms with van der Waals surface area (Å²) in [6.45, 7) is 6.63. The summed E-state index contributed by atoms with van der Waals surface area (Å²) in [4.78, 5) is 12.1. The number of rotatable bonds is 3. The fraction of sp³-hybridized carbons (Fsp3) is 0.304. The number of amidine groups is 1. The van der Waals surface area contributed by atoms with Crippen LogP contribution >= 0.6 is 0 Å². The van der Waals surface area contributed by atoms with Crippen molar-refractivity contribution in [3.05, 3.63) is 59.1 Å². The van der Waals surface area contributed by atoms with Crippen molar-refractivity contribution >= 4 is 33.8 Å². The molecule has 1 aromatic heterocycles. The number of nitrogens with one attached hydrogen (secondary N) is 2. The van der Waals surface area contributed by atoms with Crippen LogP contribution in [0.15, 0.2) is 42.2 Å². The zero-order valence-electron chi connectivity index (χ0n) is 16.8. The molecule has 1 fully saturated rings. The molecule has 6 heteroatoms. The Kier molecular flexibility index (Phi) is 4.08. The lowest BCUT2D eigenvalue weighted by molar-refractivity contribution is 0.411. The molecule has 3 N–H and O–H groups in total. The van der Waals surface area contributed by atoms with E-state index in [0.29, 0.717) is 11.4 Å². The smallest absolute Gasteiger partial charge is 0.145 e. The number of aliphatic hydroxyl groups excluding tert-OH is 1. The predicted octanol–water partition coefficient (Wildman–Crippen LogP) is 4.55. The highest BCUT2D eigenvalue weighted by Crippen LogP contribution is 2.32. The standard InChI is InChI=1S/C23H25N5O/c1-14-11-18-19(12-15(14)2)26-23(25-18)21-20(29)13-28(22(21)24)17-7-5-16(6-8-17)27-9-3-4-10-27/h5-8,11-12,24,29H,3-4,9-10,13H2,1-2H3,(H,25,26). The van der Waals surface area contributed by atoms with Crippen LogP contribution in [0.25, 0.3) is 16.6 Å². The van der Waals surface area contributed by atoms with Gasteiger partial charge in [0.1, 0.15) is 17.4 Å². The number of aliphatic hydroxyl groups is 1. The summed E-state index contributed by atoms with van der Waals surface area (Å²) in [5, 5.41) is 19.3. The molecule has 0 atom stereocenters. The van der Waals surface area contributed by atoms with Crippen molar-refractivity contribution in [1.82, 2.24) is 9.97 Å². The van der Waals surface area contributed by atoms with Gasteiger partial charge >= 0.3 is 0 Å². The van der Waals surface area contributed by atoms with Crippen molar-refractivity contribution in [3.63, 3.8) is 0 Å². The maximum absolute atomic E-state index is 10.6. The van der Waals surface area contributed by atoms with Gasteiger partial charge in [0.15, 0.2) is 0 Å². The molecule has 2 aliphatic heterocycles. The summed E-state index contributed by atoms with van der Waals surface area (Å²) in [6.07, 6.45) is 2.49. The molecule has 3 heterocycles. The lowest BCUT2D eigenvalue weighted by Gasteiger charge is -2.21. The number of anilines is 2. The number of imidazole rings is 1. The molecular formula is C23H25N5O. The van der Waals surface area contributed by atoms with Crippen LogP contribution in [0.5, 0.6) is 0 Å². The van der Waals surface area contributed by atoms with E-state index < -0.39 is 0 Å². The van der Waals surface area contributed by atoms with E-state index in [1.54, 1.807) is 0 Å². The molecule has 0 spiro atoms. The van der Waals surface area contributed by atoms with Crippen molar-refractivity contribution in [2.75, 3.05) is 29.4 Å². The van der Waals surface area contributed by atoms with Gasteiger partial charge in [0, 0.05) is 24.5 Å². The van der Waals surface area contributed by atoms with Crippen molar-refractivity contribution in [3.8, 4) is 0 Å². The Morgan fingerprint density at radius 2 is 1.66 bits per heavy atom. The van der Waals surface area contributed by atoms with Gasteiger partial charge in [0.2, 0.25) is 0 Å². The second kappa shape index (κ2) is 6.65. The first-order chi connectivity index (χ1) is 14.0. The number of aromatic nitrogens is 2. The Labute approximate surface area is 170 Å². The number of nitrogens with zero attached hydrogens (tertiary/aromatic N) is 3. The molecule has 2 aliphatic rings. The largest absolute Gasteiger partial charge is 0.509 e. The first-order valence-electron chi connectivity index (χ1n) is 10.1. The predicted molar refractivity (Wildman–Crippen MR) is 118 cm³/mol. The van der Waals surface area contributed by atoms with Crippen LogP contribution in [0.2, 0.25) is 0 Å². The Morgan fingerprint density at radius 3 is 2.38 bits per heavy atom. The van der Waals surface area contributed by atoms with Gasteiger partial charge in [-0.25, -0.2) is 4.98 Å². The van der Waals surface area contributed by atoms with Crippen LogP contribution in [-0.4, -0.2) is 40.5 Å². The van der Waals surface area contributed by atoms with E-state index in [4.69, 9.17) is 5.41 Å². The van der Waals surface area contributed by atoms with Crippen LogP contribution in [0.4, 0.5) is 11.4 Å². The maximum Gasteiger partial charge on any atom is 0.145 e. The molecule has 0 radical (unpaired) electrons. The third-order valence-electron chi connectivity index (χ3n) is 6.07. The number of H-pyrrole nitrogens is 1. The molecule has 0 saturated carbocycles. The number of aromatic amines is 1. The molecule has 0 unspecified atom stereocenters. The monoisotopic (exact) mass is 387 g/mol. The van der Waals surface area contributed by atoms with E-state index in [1.165, 1.54) is 29.7 Å². The summed E-state index contributed by atoms with van der Waals surface area (Å²) in [5.41, 5.74) is 6.73. The summed E-state index contributed by atoms with van der Waals surface area (Å²) in [6, 6.07) is 12.4. The van der Waals surface area contributed by atoms with Gasteiger partial charge in [-0.2, -0.15) is 0 Å². The zero-order valence-corrected chi connectivity index (χ0v) is 16.8. The molecule has 0 bridgehead atoms. The van der Waals surface area contributed by atoms with E-state index in [0.717, 1.165) is 29.8 Å². The quantitative estimate of drug-likeness (QED) is 0.616. The number of aryl methyl sites for hydroxylation is 2. The fourth-order valence-electron chi connectivity index (χ4n) is 4.26. The van der Waals surface area contributed by atoms with E-state index >= 15 is 0 Å². The summed E-state index contributed by atoms with van der Waals surface area (Å²) in [7, 11) is 0. The zero-order chi connectivity index (χ0) is 20.1. The topological polar surface area (TPSA) is 79.2 Å². The second-order valence-electron chi connectivity index (χ2n) is 8.01. The molecule has 0 amide bonds. The van der Waals surface area contributed by atoms with Crippen molar-refractivity contribution < 1.29 is 5.11 Å². The van der Waals surface area contributed by atoms with E-state index in [2.05, 4.69) is 46.9 Å². The lowest BCUT2D eigenvalue weighted by Crippen LogP contribution is -2.26. The molecule has 5 rings (SSSR count). The van der Waals surface area contributed by atoms with Gasteiger partial charge in [-0.05, 0) is 74.2 Å². The number of fused-ring (bicyclic) bond motifs is 1. The normalized spacial score (nSPS) is 17.2. The third kappa shape index (κ3) is 2.95. The van der Waals surface area contributed by atoms with Crippen molar-refractivity contribution in [2.45, 2.75) is 26.7 Å². The summed E-state index contributed by atoms with van der Waals surface area (Å²) >= 11 is 0. The number of hydrogen-bond acceptors (Lipinski definition) is 4. The molecule has 3 aromatic rings. The van der Waals surface area contributed by atoms with Crippen LogP contribution in [-0.2, 0) is 0 Å². The minimum atomic E-state index is 0.172. The van der Waals surface area contributed by atoms with Gasteiger partial charge in [-0.3, -0.25) is 5.41 Å². The summed E-state index contributed by atoms with van der Waals surface area (Å²) < 4.78 is 0. The average Bonchev–Trinajstić information content (AvgIpc) is 3.42. The molecular weight excluding hydrogens is 362 g/mol. The first kappa shape index (κ1) is 17.8.